The van der Waals surface area contributed by atoms with Gasteiger partial charge in [0.2, 0.25) is 5.91 Å². The molecule has 0 aliphatic rings. The highest BCUT2D eigenvalue weighted by atomic mass is 19.4. The van der Waals surface area contributed by atoms with Crippen LogP contribution in [0.5, 0.6) is 5.75 Å². The number of anilines is 1. The fourth-order valence-corrected chi connectivity index (χ4v) is 2.72. The van der Waals surface area contributed by atoms with Crippen LogP contribution >= 0.6 is 0 Å². The summed E-state index contributed by atoms with van der Waals surface area (Å²) in [5.41, 5.74) is 2.91. The van der Waals surface area contributed by atoms with Crippen molar-refractivity contribution in [3.63, 3.8) is 0 Å². The Morgan fingerprint density at radius 2 is 1.93 bits per heavy atom. The third kappa shape index (κ3) is 4.52. The first-order valence-corrected chi connectivity index (χ1v) is 8.04. The standard InChI is InChI=1S/C17H16F3N5O2/c1-10-14(11(2)25-16(23-10)21-9-22-25)7-8-15(26)24-12-3-5-13(6-4-12)27-17(18,19)20/h3-6,9H,7-8H2,1-2H3,(H,24,26). The van der Waals surface area contributed by atoms with E-state index in [9.17, 15) is 18.0 Å². The first kappa shape index (κ1) is 18.6. The normalized spacial score (nSPS) is 11.6. The second kappa shape index (κ2) is 7.22. The maximum atomic E-state index is 12.2. The van der Waals surface area contributed by atoms with Crippen molar-refractivity contribution in [1.82, 2.24) is 19.6 Å². The monoisotopic (exact) mass is 379 g/mol. The molecule has 1 aromatic carbocycles. The van der Waals surface area contributed by atoms with Crippen LogP contribution in [0, 0.1) is 13.8 Å². The molecular formula is C17H16F3N5O2. The molecule has 0 radical (unpaired) electrons. The molecule has 142 valence electrons. The Labute approximate surface area is 152 Å². The van der Waals surface area contributed by atoms with E-state index in [2.05, 4.69) is 25.1 Å². The number of nitrogens with zero attached hydrogens (tertiary/aromatic N) is 4. The summed E-state index contributed by atoms with van der Waals surface area (Å²) in [5.74, 6) is -0.115. The maximum Gasteiger partial charge on any atom is 0.573 e. The Bertz CT molecular complexity index is 967. The summed E-state index contributed by atoms with van der Waals surface area (Å²) in [6, 6.07) is 4.97. The number of ether oxygens (including phenoxy) is 1. The number of alkyl halides is 3. The molecule has 0 fully saturated rings. The molecule has 1 N–H and O–H groups in total. The Kier molecular flexibility index (Phi) is 4.98. The van der Waals surface area contributed by atoms with E-state index in [1.54, 1.807) is 4.52 Å². The van der Waals surface area contributed by atoms with Crippen LogP contribution in [0.4, 0.5) is 18.9 Å². The Morgan fingerprint density at radius 3 is 2.59 bits per heavy atom. The summed E-state index contributed by atoms with van der Waals surface area (Å²) in [7, 11) is 0. The lowest BCUT2D eigenvalue weighted by Crippen LogP contribution is -2.17. The van der Waals surface area contributed by atoms with Gasteiger partial charge in [0.1, 0.15) is 12.1 Å². The Hall–Kier alpha value is -3.17. The lowest BCUT2D eigenvalue weighted by atomic mass is 10.1. The van der Waals surface area contributed by atoms with Crippen molar-refractivity contribution in [2.75, 3.05) is 5.32 Å². The second-order valence-electron chi connectivity index (χ2n) is 5.85. The number of carbonyl (C=O) groups excluding carboxylic acids is 1. The average molecular weight is 379 g/mol. The van der Waals surface area contributed by atoms with Crippen molar-refractivity contribution >= 4 is 17.4 Å². The molecule has 7 nitrogen and oxygen atoms in total. The molecular weight excluding hydrogens is 363 g/mol. The van der Waals surface area contributed by atoms with Crippen molar-refractivity contribution < 1.29 is 22.7 Å². The topological polar surface area (TPSA) is 81.4 Å². The number of aromatic nitrogens is 4. The van der Waals surface area contributed by atoms with Gasteiger partial charge in [0, 0.05) is 23.5 Å². The minimum atomic E-state index is -4.75. The predicted molar refractivity (Wildman–Crippen MR) is 90.3 cm³/mol. The number of benzene rings is 1. The molecule has 2 aromatic heterocycles. The summed E-state index contributed by atoms with van der Waals surface area (Å²) in [5, 5.41) is 6.74. The van der Waals surface area contributed by atoms with Gasteiger partial charge in [-0.25, -0.2) is 9.50 Å². The van der Waals surface area contributed by atoms with Crippen LogP contribution in [-0.4, -0.2) is 31.9 Å². The largest absolute Gasteiger partial charge is 0.573 e. The summed E-state index contributed by atoms with van der Waals surface area (Å²) in [4.78, 5) is 20.5. The Morgan fingerprint density at radius 1 is 1.22 bits per heavy atom. The molecule has 10 heteroatoms. The molecule has 3 rings (SSSR count). The fourth-order valence-electron chi connectivity index (χ4n) is 2.72. The molecule has 0 bridgehead atoms. The molecule has 27 heavy (non-hydrogen) atoms. The minimum Gasteiger partial charge on any atom is -0.406 e. The van der Waals surface area contributed by atoms with Gasteiger partial charge in [-0.2, -0.15) is 10.1 Å². The molecule has 0 atom stereocenters. The molecule has 0 aliphatic heterocycles. The molecule has 0 aliphatic carbocycles. The third-order valence-corrected chi connectivity index (χ3v) is 3.96. The lowest BCUT2D eigenvalue weighted by molar-refractivity contribution is -0.274. The zero-order chi connectivity index (χ0) is 19.6. The third-order valence-electron chi connectivity index (χ3n) is 3.96. The number of halogens is 3. The fraction of sp³-hybridized carbons (Fsp3) is 0.294. The number of hydrogen-bond donors (Lipinski definition) is 1. The molecule has 3 aromatic rings. The van der Waals surface area contributed by atoms with E-state index in [-0.39, 0.29) is 18.1 Å². The van der Waals surface area contributed by atoms with Gasteiger partial charge in [-0.1, -0.05) is 0 Å². The number of nitrogens with one attached hydrogen (secondary N) is 1. The van der Waals surface area contributed by atoms with Gasteiger partial charge in [0.05, 0.1) is 0 Å². The summed E-state index contributed by atoms with van der Waals surface area (Å²) in [6.07, 6.45) is -2.71. The highest BCUT2D eigenvalue weighted by Gasteiger charge is 2.30. The van der Waals surface area contributed by atoms with Crippen molar-refractivity contribution in [1.29, 1.82) is 0 Å². The second-order valence-corrected chi connectivity index (χ2v) is 5.85. The first-order chi connectivity index (χ1) is 12.7. The molecule has 1 amide bonds. The van der Waals surface area contributed by atoms with E-state index >= 15 is 0 Å². The van der Waals surface area contributed by atoms with Gasteiger partial charge >= 0.3 is 6.36 Å². The van der Waals surface area contributed by atoms with Gasteiger partial charge in [0.15, 0.2) is 0 Å². The Balaban J connectivity index is 1.62. The number of rotatable bonds is 5. The van der Waals surface area contributed by atoms with Crippen LogP contribution in [0.15, 0.2) is 30.6 Å². The smallest absolute Gasteiger partial charge is 0.406 e. The molecule has 0 saturated carbocycles. The van der Waals surface area contributed by atoms with Crippen LogP contribution < -0.4 is 10.1 Å². The average Bonchev–Trinajstić information content (AvgIpc) is 3.03. The molecule has 0 unspecified atom stereocenters. The van der Waals surface area contributed by atoms with E-state index in [0.717, 1.165) is 29.1 Å². The van der Waals surface area contributed by atoms with E-state index < -0.39 is 6.36 Å². The van der Waals surface area contributed by atoms with Crippen LogP contribution in [0.25, 0.3) is 5.78 Å². The number of aryl methyl sites for hydroxylation is 2. The summed E-state index contributed by atoms with van der Waals surface area (Å²) < 4.78 is 41.8. The zero-order valence-electron chi connectivity index (χ0n) is 14.5. The molecule has 2 heterocycles. The van der Waals surface area contributed by atoms with Crippen LogP contribution in [0.2, 0.25) is 0 Å². The van der Waals surface area contributed by atoms with Crippen molar-refractivity contribution in [3.8, 4) is 5.75 Å². The van der Waals surface area contributed by atoms with Gasteiger partial charge in [0.25, 0.3) is 5.78 Å². The maximum absolute atomic E-state index is 12.2. The zero-order valence-corrected chi connectivity index (χ0v) is 14.5. The van der Waals surface area contributed by atoms with E-state index in [0.29, 0.717) is 17.9 Å². The van der Waals surface area contributed by atoms with Crippen molar-refractivity contribution in [2.24, 2.45) is 0 Å². The summed E-state index contributed by atoms with van der Waals surface area (Å²) >= 11 is 0. The number of fused-ring (bicyclic) bond motifs is 1. The van der Waals surface area contributed by atoms with Crippen molar-refractivity contribution in [3.05, 3.63) is 47.5 Å². The van der Waals surface area contributed by atoms with Crippen molar-refractivity contribution in [2.45, 2.75) is 33.1 Å². The predicted octanol–water partition coefficient (Wildman–Crippen LogP) is 3.21. The van der Waals surface area contributed by atoms with Crippen LogP contribution in [0.3, 0.4) is 0 Å². The van der Waals surface area contributed by atoms with Gasteiger partial charge in [-0.3, -0.25) is 4.79 Å². The van der Waals surface area contributed by atoms with Gasteiger partial charge in [-0.05, 0) is 50.1 Å². The number of carbonyl (C=O) groups is 1. The summed E-state index contributed by atoms with van der Waals surface area (Å²) in [6.45, 7) is 3.72. The quantitative estimate of drug-likeness (QED) is 0.736. The number of hydrogen-bond acceptors (Lipinski definition) is 5. The molecule has 0 spiro atoms. The van der Waals surface area contributed by atoms with Gasteiger partial charge in [-0.15, -0.1) is 13.2 Å². The van der Waals surface area contributed by atoms with E-state index in [1.165, 1.54) is 18.5 Å². The first-order valence-electron chi connectivity index (χ1n) is 8.04. The number of amides is 1. The van der Waals surface area contributed by atoms with E-state index in [4.69, 9.17) is 0 Å². The lowest BCUT2D eigenvalue weighted by Gasteiger charge is -2.11. The molecule has 0 saturated heterocycles. The van der Waals surface area contributed by atoms with Crippen LogP contribution in [-0.2, 0) is 11.2 Å². The highest BCUT2D eigenvalue weighted by molar-refractivity contribution is 5.90. The minimum absolute atomic E-state index is 0.185. The SMILES string of the molecule is Cc1nc2ncnn2c(C)c1CCC(=O)Nc1ccc(OC(F)(F)F)cc1. The highest BCUT2D eigenvalue weighted by Crippen LogP contribution is 2.24. The van der Waals surface area contributed by atoms with Gasteiger partial charge < -0.3 is 10.1 Å². The van der Waals surface area contributed by atoms with E-state index in [1.807, 2.05) is 13.8 Å². The van der Waals surface area contributed by atoms with Crippen LogP contribution in [0.1, 0.15) is 23.4 Å².